The van der Waals surface area contributed by atoms with Crippen molar-refractivity contribution in [3.8, 4) is 5.69 Å². The topological polar surface area (TPSA) is 88.8 Å². The summed E-state index contributed by atoms with van der Waals surface area (Å²) in [5.41, 5.74) is 2.47. The van der Waals surface area contributed by atoms with Crippen LogP contribution in [0.15, 0.2) is 36.7 Å². The third kappa shape index (κ3) is 4.00. The van der Waals surface area contributed by atoms with Gasteiger partial charge in [-0.05, 0) is 51.8 Å². The summed E-state index contributed by atoms with van der Waals surface area (Å²) >= 11 is 0. The molecule has 3 aromatic rings. The lowest BCUT2D eigenvalue weighted by molar-refractivity contribution is 0.0616. The van der Waals surface area contributed by atoms with Gasteiger partial charge in [0.05, 0.1) is 18.0 Å². The Balaban J connectivity index is 1.59. The normalized spacial score (nSPS) is 19.0. The first kappa shape index (κ1) is 19.9. The molecule has 8 nitrogen and oxygen atoms in total. The second-order valence-electron chi connectivity index (χ2n) is 7.59. The smallest absolute Gasteiger partial charge is 0.256 e. The monoisotopic (exact) mass is 409 g/mol. The van der Waals surface area contributed by atoms with Crippen molar-refractivity contribution in [2.24, 2.45) is 0 Å². The number of hydrogen-bond donors (Lipinski definition) is 1. The molecular weight excluding hydrogens is 385 g/mol. The minimum Gasteiger partial charge on any atom is -0.349 e. The molecule has 4 rings (SSSR count). The number of anilines is 1. The molecule has 1 aromatic carbocycles. The van der Waals surface area contributed by atoms with E-state index in [1.54, 1.807) is 0 Å². The molecule has 3 heterocycles. The van der Waals surface area contributed by atoms with Crippen molar-refractivity contribution in [1.82, 2.24) is 29.9 Å². The number of piperidine rings is 1. The first-order chi connectivity index (χ1) is 14.4. The second-order valence-corrected chi connectivity index (χ2v) is 7.59. The van der Waals surface area contributed by atoms with Gasteiger partial charge in [0.15, 0.2) is 0 Å². The second kappa shape index (κ2) is 8.17. The summed E-state index contributed by atoms with van der Waals surface area (Å²) in [5, 5.41) is 11.5. The number of rotatable bonds is 4. The minimum atomic E-state index is -0.447. The highest BCUT2D eigenvalue weighted by atomic mass is 19.1. The van der Waals surface area contributed by atoms with Crippen molar-refractivity contribution in [3.63, 3.8) is 0 Å². The molecule has 1 amide bonds. The van der Waals surface area contributed by atoms with Crippen molar-refractivity contribution >= 4 is 11.9 Å². The highest BCUT2D eigenvalue weighted by Crippen LogP contribution is 2.25. The number of carbonyl (C=O) groups excluding carboxylic acids is 1. The van der Waals surface area contributed by atoms with Crippen molar-refractivity contribution in [2.75, 3.05) is 11.9 Å². The van der Waals surface area contributed by atoms with Gasteiger partial charge in [0, 0.05) is 36.1 Å². The number of amides is 1. The van der Waals surface area contributed by atoms with E-state index in [0.29, 0.717) is 23.7 Å². The van der Waals surface area contributed by atoms with Crippen LogP contribution in [0.3, 0.4) is 0 Å². The van der Waals surface area contributed by atoms with Gasteiger partial charge < -0.3 is 10.2 Å². The van der Waals surface area contributed by atoms with Gasteiger partial charge in [0.1, 0.15) is 11.5 Å². The first-order valence-electron chi connectivity index (χ1n) is 9.98. The molecule has 2 atom stereocenters. The van der Waals surface area contributed by atoms with Crippen LogP contribution < -0.4 is 5.32 Å². The summed E-state index contributed by atoms with van der Waals surface area (Å²) < 4.78 is 13.9. The fourth-order valence-corrected chi connectivity index (χ4v) is 3.93. The predicted molar refractivity (Wildman–Crippen MR) is 110 cm³/mol. The Morgan fingerprint density at radius 3 is 2.53 bits per heavy atom. The van der Waals surface area contributed by atoms with Gasteiger partial charge in [-0.15, -0.1) is 0 Å². The minimum absolute atomic E-state index is 0.00984. The van der Waals surface area contributed by atoms with Crippen LogP contribution in [0.1, 0.15) is 41.5 Å². The van der Waals surface area contributed by atoms with E-state index in [1.807, 2.05) is 31.7 Å². The fraction of sp³-hybridized carbons (Fsp3) is 0.381. The highest BCUT2D eigenvalue weighted by molar-refractivity contribution is 5.98. The molecule has 1 aliphatic heterocycles. The number of aromatic nitrogens is 5. The molecule has 0 radical (unpaired) electrons. The van der Waals surface area contributed by atoms with Crippen LogP contribution in [-0.4, -0.2) is 54.4 Å². The van der Waals surface area contributed by atoms with E-state index < -0.39 is 5.82 Å². The van der Waals surface area contributed by atoms with Gasteiger partial charge in [-0.3, -0.25) is 4.79 Å². The van der Waals surface area contributed by atoms with Crippen molar-refractivity contribution in [1.29, 1.82) is 0 Å². The Bertz CT molecular complexity index is 1030. The van der Waals surface area contributed by atoms with Crippen molar-refractivity contribution < 1.29 is 9.18 Å². The van der Waals surface area contributed by atoms with Crippen molar-refractivity contribution in [2.45, 2.75) is 45.7 Å². The zero-order valence-electron chi connectivity index (χ0n) is 17.2. The molecule has 0 bridgehead atoms. The zero-order chi connectivity index (χ0) is 21.3. The van der Waals surface area contributed by atoms with Crippen LogP contribution >= 0.6 is 0 Å². The number of nitrogens with one attached hydrogen (secondary N) is 1. The lowest BCUT2D eigenvalue weighted by Crippen LogP contribution is -2.52. The molecule has 30 heavy (non-hydrogen) atoms. The Labute approximate surface area is 174 Å². The molecule has 156 valence electrons. The summed E-state index contributed by atoms with van der Waals surface area (Å²) in [7, 11) is 0. The molecule has 0 saturated carbocycles. The molecule has 2 aromatic heterocycles. The maximum atomic E-state index is 13.9. The number of carbonyl (C=O) groups is 1. The number of benzene rings is 1. The Morgan fingerprint density at radius 2 is 1.83 bits per heavy atom. The van der Waals surface area contributed by atoms with Crippen LogP contribution in [0.25, 0.3) is 5.69 Å². The molecule has 1 fully saturated rings. The quantitative estimate of drug-likeness (QED) is 0.713. The molecule has 1 aliphatic rings. The van der Waals surface area contributed by atoms with E-state index in [0.717, 1.165) is 24.2 Å². The van der Waals surface area contributed by atoms with Crippen LogP contribution in [-0.2, 0) is 0 Å². The van der Waals surface area contributed by atoms with Crippen molar-refractivity contribution in [3.05, 3.63) is 59.4 Å². The third-order valence-corrected chi connectivity index (χ3v) is 5.37. The number of aryl methyl sites for hydroxylation is 2. The number of halogens is 1. The van der Waals surface area contributed by atoms with Gasteiger partial charge in [0.2, 0.25) is 5.95 Å². The molecule has 0 spiro atoms. The van der Waals surface area contributed by atoms with Gasteiger partial charge in [-0.2, -0.15) is 15.0 Å². The number of hydrogen-bond acceptors (Lipinski definition) is 6. The SMILES string of the molecule is Cc1cc(C)nc(N[C@H]2CCCN(C(=O)c3ccc(F)cc3-n3nccn3)[C@@H]2C)n1. The Kier molecular flexibility index (Phi) is 5.43. The average molecular weight is 409 g/mol. The van der Waals surface area contributed by atoms with Gasteiger partial charge in [0.25, 0.3) is 5.91 Å². The van der Waals surface area contributed by atoms with E-state index in [9.17, 15) is 9.18 Å². The zero-order valence-corrected chi connectivity index (χ0v) is 17.2. The molecule has 9 heteroatoms. The maximum Gasteiger partial charge on any atom is 0.256 e. The molecule has 1 N–H and O–H groups in total. The maximum absolute atomic E-state index is 13.9. The summed E-state index contributed by atoms with van der Waals surface area (Å²) in [6.07, 6.45) is 4.73. The third-order valence-electron chi connectivity index (χ3n) is 5.37. The summed E-state index contributed by atoms with van der Waals surface area (Å²) in [6, 6.07) is 5.89. The van der Waals surface area contributed by atoms with Crippen LogP contribution in [0, 0.1) is 19.7 Å². The van der Waals surface area contributed by atoms with Gasteiger partial charge in [-0.1, -0.05) is 0 Å². The van der Waals surface area contributed by atoms with E-state index in [1.165, 1.54) is 35.4 Å². The molecular formula is C21H24FN7O. The number of likely N-dealkylation sites (tertiary alicyclic amines) is 1. The fourth-order valence-electron chi connectivity index (χ4n) is 3.93. The predicted octanol–water partition coefficient (Wildman–Crippen LogP) is 2.92. The van der Waals surface area contributed by atoms with E-state index in [4.69, 9.17) is 0 Å². The van der Waals surface area contributed by atoms with Crippen LogP contribution in [0.5, 0.6) is 0 Å². The van der Waals surface area contributed by atoms with Gasteiger partial charge in [-0.25, -0.2) is 14.4 Å². The van der Waals surface area contributed by atoms with E-state index in [2.05, 4.69) is 25.5 Å². The molecule has 0 aliphatic carbocycles. The summed E-state index contributed by atoms with van der Waals surface area (Å²) in [6.45, 7) is 6.49. The molecule has 1 saturated heterocycles. The first-order valence-corrected chi connectivity index (χ1v) is 9.98. The standard InChI is InChI=1S/C21H24FN7O/c1-13-11-14(2)26-21(25-13)27-18-5-4-10-28(15(18)3)20(30)17-7-6-16(22)12-19(17)29-23-8-9-24-29/h6-9,11-12,15,18H,4-5,10H2,1-3H3,(H,25,26,27)/t15-,18+/m1/s1. The Hall–Kier alpha value is -3.36. The van der Waals surface area contributed by atoms with Gasteiger partial charge >= 0.3 is 0 Å². The average Bonchev–Trinajstić information content (AvgIpc) is 3.23. The van der Waals surface area contributed by atoms with Crippen LogP contribution in [0.2, 0.25) is 0 Å². The lowest BCUT2D eigenvalue weighted by atomic mass is 9.96. The largest absolute Gasteiger partial charge is 0.349 e. The Morgan fingerprint density at radius 1 is 1.13 bits per heavy atom. The number of nitrogens with zero attached hydrogens (tertiary/aromatic N) is 6. The summed E-state index contributed by atoms with van der Waals surface area (Å²) in [4.78, 5) is 25.4. The molecule has 0 unspecified atom stereocenters. The van der Waals surface area contributed by atoms with Crippen LogP contribution in [0.4, 0.5) is 10.3 Å². The van der Waals surface area contributed by atoms with E-state index >= 15 is 0 Å². The highest BCUT2D eigenvalue weighted by Gasteiger charge is 2.33. The lowest BCUT2D eigenvalue weighted by Gasteiger charge is -2.40. The summed E-state index contributed by atoms with van der Waals surface area (Å²) in [5.74, 6) is -0.0541. The van der Waals surface area contributed by atoms with E-state index in [-0.39, 0.29) is 18.0 Å².